The molecule has 0 aliphatic rings. The smallest absolute Gasteiger partial charge is 0.120 e. The molecule has 2 rings (SSSR count). The van der Waals surface area contributed by atoms with Gasteiger partial charge in [-0.25, -0.2) is 4.98 Å². The third-order valence-corrected chi connectivity index (χ3v) is 2.51. The van der Waals surface area contributed by atoms with Crippen molar-refractivity contribution in [2.75, 3.05) is 0 Å². The Morgan fingerprint density at radius 1 is 1.54 bits per heavy atom. The summed E-state index contributed by atoms with van der Waals surface area (Å²) in [5.74, 6) is 0.928. The number of benzene rings is 1. The molecule has 0 amide bonds. The Morgan fingerprint density at radius 2 is 2.31 bits per heavy atom. The molecule has 1 N–H and O–H groups in total. The molecule has 1 heterocycles. The third-order valence-electron chi connectivity index (χ3n) is 1.84. The molecular formula is C9H8BrClN2. The number of nitrogens with zero attached hydrogens (tertiary/aromatic N) is 1. The summed E-state index contributed by atoms with van der Waals surface area (Å²) in [5.41, 5.74) is 1.93. The second kappa shape index (κ2) is 3.31. The molecule has 0 aliphatic carbocycles. The first-order valence-corrected chi connectivity index (χ1v) is 5.25. The Kier molecular flexibility index (Phi) is 2.30. The van der Waals surface area contributed by atoms with Crippen LogP contribution in [0.25, 0.3) is 11.0 Å². The summed E-state index contributed by atoms with van der Waals surface area (Å²) in [6.45, 7) is 2.03. The van der Waals surface area contributed by atoms with Gasteiger partial charge in [-0.3, -0.25) is 0 Å². The Hall–Kier alpha value is -0.540. The Morgan fingerprint density at radius 3 is 3.00 bits per heavy atom. The molecule has 0 aliphatic heterocycles. The lowest BCUT2D eigenvalue weighted by Crippen LogP contribution is -1.84. The van der Waals surface area contributed by atoms with Crippen molar-refractivity contribution in [1.82, 2.24) is 9.97 Å². The van der Waals surface area contributed by atoms with E-state index in [4.69, 9.17) is 11.6 Å². The highest BCUT2D eigenvalue weighted by Gasteiger charge is 2.06. The van der Waals surface area contributed by atoms with Crippen LogP contribution in [0.2, 0.25) is 5.02 Å². The van der Waals surface area contributed by atoms with Gasteiger partial charge in [-0.05, 0) is 25.1 Å². The highest BCUT2D eigenvalue weighted by atomic mass is 79.9. The molecule has 0 spiro atoms. The number of aromatic amines is 1. The summed E-state index contributed by atoms with van der Waals surface area (Å²) < 4.78 is 0. The van der Waals surface area contributed by atoms with Gasteiger partial charge in [-0.2, -0.15) is 0 Å². The van der Waals surface area contributed by atoms with E-state index in [1.165, 1.54) is 0 Å². The average Bonchev–Trinajstić information content (AvgIpc) is 2.46. The van der Waals surface area contributed by atoms with Gasteiger partial charge in [0.25, 0.3) is 0 Å². The number of fused-ring (bicyclic) bond motifs is 1. The molecule has 1 aromatic carbocycles. The minimum absolute atomic E-state index is 0.235. The number of hydrogen-bond acceptors (Lipinski definition) is 1. The van der Waals surface area contributed by atoms with Crippen LogP contribution in [0.15, 0.2) is 18.2 Å². The summed E-state index contributed by atoms with van der Waals surface area (Å²) in [7, 11) is 0. The van der Waals surface area contributed by atoms with Gasteiger partial charge in [0, 0.05) is 5.02 Å². The number of hydrogen-bond donors (Lipinski definition) is 1. The summed E-state index contributed by atoms with van der Waals surface area (Å²) >= 11 is 9.30. The molecule has 1 unspecified atom stereocenters. The molecule has 0 saturated heterocycles. The molecule has 13 heavy (non-hydrogen) atoms. The predicted molar refractivity (Wildman–Crippen MR) is 58.4 cm³/mol. The summed E-state index contributed by atoms with van der Waals surface area (Å²) in [6, 6.07) is 5.63. The zero-order chi connectivity index (χ0) is 9.42. The summed E-state index contributed by atoms with van der Waals surface area (Å²) in [6.07, 6.45) is 0. The first-order valence-electron chi connectivity index (χ1n) is 3.96. The molecule has 2 nitrogen and oxygen atoms in total. The van der Waals surface area contributed by atoms with E-state index in [1.54, 1.807) is 0 Å². The van der Waals surface area contributed by atoms with Gasteiger partial charge in [0.15, 0.2) is 0 Å². The van der Waals surface area contributed by atoms with Crippen molar-refractivity contribution < 1.29 is 0 Å². The quantitative estimate of drug-likeness (QED) is 0.778. The minimum atomic E-state index is 0.235. The van der Waals surface area contributed by atoms with Gasteiger partial charge >= 0.3 is 0 Å². The molecule has 0 fully saturated rings. The molecule has 0 bridgehead atoms. The van der Waals surface area contributed by atoms with Gasteiger partial charge in [0.05, 0.1) is 15.9 Å². The van der Waals surface area contributed by atoms with Crippen LogP contribution in [0.5, 0.6) is 0 Å². The fourth-order valence-electron chi connectivity index (χ4n) is 1.19. The molecule has 2 aromatic rings. The lowest BCUT2D eigenvalue weighted by Gasteiger charge is -1.93. The lowest BCUT2D eigenvalue weighted by molar-refractivity contribution is 0.990. The van der Waals surface area contributed by atoms with E-state index in [2.05, 4.69) is 25.9 Å². The van der Waals surface area contributed by atoms with Gasteiger partial charge in [0.1, 0.15) is 5.82 Å². The average molecular weight is 260 g/mol. The van der Waals surface area contributed by atoms with E-state index in [0.29, 0.717) is 0 Å². The normalized spacial score (nSPS) is 13.5. The molecule has 1 atom stereocenters. The summed E-state index contributed by atoms with van der Waals surface area (Å²) in [5, 5.41) is 0.727. The first kappa shape index (κ1) is 9.03. The largest absolute Gasteiger partial charge is 0.341 e. The van der Waals surface area contributed by atoms with Crippen molar-refractivity contribution in [1.29, 1.82) is 0 Å². The fraction of sp³-hybridized carbons (Fsp3) is 0.222. The highest BCUT2D eigenvalue weighted by Crippen LogP contribution is 2.23. The van der Waals surface area contributed by atoms with Gasteiger partial charge in [-0.1, -0.05) is 27.5 Å². The van der Waals surface area contributed by atoms with Crippen LogP contribution >= 0.6 is 27.5 Å². The van der Waals surface area contributed by atoms with E-state index in [1.807, 2.05) is 25.1 Å². The number of imidazole rings is 1. The Bertz CT molecular complexity index is 436. The Labute approximate surface area is 89.4 Å². The minimum Gasteiger partial charge on any atom is -0.341 e. The van der Waals surface area contributed by atoms with Crippen LogP contribution in [0.4, 0.5) is 0 Å². The number of alkyl halides is 1. The molecule has 0 radical (unpaired) electrons. The van der Waals surface area contributed by atoms with Gasteiger partial charge < -0.3 is 4.98 Å². The second-order valence-corrected chi connectivity index (χ2v) is 4.71. The van der Waals surface area contributed by atoms with Crippen LogP contribution in [0, 0.1) is 0 Å². The van der Waals surface area contributed by atoms with Crippen molar-refractivity contribution in [3.63, 3.8) is 0 Å². The maximum atomic E-state index is 5.85. The zero-order valence-corrected chi connectivity index (χ0v) is 9.35. The van der Waals surface area contributed by atoms with Crippen molar-refractivity contribution >= 4 is 38.6 Å². The van der Waals surface area contributed by atoms with Crippen molar-refractivity contribution in [2.24, 2.45) is 0 Å². The molecule has 4 heteroatoms. The van der Waals surface area contributed by atoms with Crippen LogP contribution in [0.1, 0.15) is 17.6 Å². The van der Waals surface area contributed by atoms with Crippen molar-refractivity contribution in [2.45, 2.75) is 11.8 Å². The van der Waals surface area contributed by atoms with Crippen LogP contribution < -0.4 is 0 Å². The fourth-order valence-corrected chi connectivity index (χ4v) is 1.58. The van der Waals surface area contributed by atoms with E-state index in [0.717, 1.165) is 21.9 Å². The van der Waals surface area contributed by atoms with Crippen molar-refractivity contribution in [3.8, 4) is 0 Å². The second-order valence-electron chi connectivity index (χ2n) is 2.90. The van der Waals surface area contributed by atoms with E-state index in [9.17, 15) is 0 Å². The SMILES string of the molecule is CC(Br)c1nc2ccc(Cl)cc2[nH]1. The van der Waals surface area contributed by atoms with E-state index >= 15 is 0 Å². The van der Waals surface area contributed by atoms with Crippen molar-refractivity contribution in [3.05, 3.63) is 29.0 Å². The number of halogens is 2. The van der Waals surface area contributed by atoms with Crippen LogP contribution in [-0.4, -0.2) is 9.97 Å². The predicted octanol–water partition coefficient (Wildman–Crippen LogP) is 3.67. The van der Waals surface area contributed by atoms with Gasteiger partial charge in [-0.15, -0.1) is 0 Å². The molecule has 68 valence electrons. The molecule has 1 aromatic heterocycles. The lowest BCUT2D eigenvalue weighted by atomic mass is 10.3. The first-order chi connectivity index (χ1) is 6.16. The molecule has 0 saturated carbocycles. The maximum Gasteiger partial charge on any atom is 0.120 e. The number of H-pyrrole nitrogens is 1. The number of aromatic nitrogens is 2. The van der Waals surface area contributed by atoms with E-state index < -0.39 is 0 Å². The Balaban J connectivity index is 2.62. The standard InChI is InChI=1S/C9H8BrClN2/c1-5(10)9-12-7-3-2-6(11)4-8(7)13-9/h2-5H,1H3,(H,12,13). The highest BCUT2D eigenvalue weighted by molar-refractivity contribution is 9.09. The number of rotatable bonds is 1. The molecular weight excluding hydrogens is 251 g/mol. The maximum absolute atomic E-state index is 5.85. The van der Waals surface area contributed by atoms with Crippen LogP contribution in [0.3, 0.4) is 0 Å². The topological polar surface area (TPSA) is 28.7 Å². The summed E-state index contributed by atoms with van der Waals surface area (Å²) in [4.78, 5) is 7.82. The number of nitrogens with one attached hydrogen (secondary N) is 1. The monoisotopic (exact) mass is 258 g/mol. The van der Waals surface area contributed by atoms with Gasteiger partial charge in [0.2, 0.25) is 0 Å². The van der Waals surface area contributed by atoms with E-state index in [-0.39, 0.29) is 4.83 Å². The third kappa shape index (κ3) is 1.71. The zero-order valence-electron chi connectivity index (χ0n) is 7.01. The van der Waals surface area contributed by atoms with Crippen LogP contribution in [-0.2, 0) is 0 Å².